The van der Waals surface area contributed by atoms with Crippen LogP contribution in [-0.4, -0.2) is 35.9 Å². The van der Waals surface area contributed by atoms with Crippen molar-refractivity contribution in [3.05, 3.63) is 52.2 Å². The zero-order valence-electron chi connectivity index (χ0n) is 16.2. The van der Waals surface area contributed by atoms with Gasteiger partial charge in [0.25, 0.3) is 5.56 Å². The molecule has 3 rings (SSSR count). The van der Waals surface area contributed by atoms with Crippen LogP contribution in [0.15, 0.2) is 40.3 Å². The number of nitrogen functional groups attached to an aromatic ring is 1. The van der Waals surface area contributed by atoms with E-state index in [1.54, 1.807) is 18.7 Å². The second kappa shape index (κ2) is 7.93. The molecule has 1 amide bonds. The lowest BCUT2D eigenvalue weighted by Gasteiger charge is -2.07. The number of thioether (sulfide) groups is 1. The molecule has 148 valence electrons. The lowest BCUT2D eigenvalue weighted by Crippen LogP contribution is -2.24. The molecule has 0 radical (unpaired) electrons. The summed E-state index contributed by atoms with van der Waals surface area (Å²) in [4.78, 5) is 25.2. The van der Waals surface area contributed by atoms with E-state index in [2.05, 4.69) is 15.5 Å². The molecule has 0 aliphatic rings. The molecule has 0 aliphatic carbocycles. The van der Waals surface area contributed by atoms with Gasteiger partial charge in [-0.15, -0.1) is 10.2 Å². The van der Waals surface area contributed by atoms with Crippen molar-refractivity contribution in [3.63, 3.8) is 0 Å². The lowest BCUT2D eigenvalue weighted by molar-refractivity contribution is -0.113. The number of hydrogen-bond donors (Lipinski definition) is 2. The van der Waals surface area contributed by atoms with E-state index in [-0.39, 0.29) is 28.8 Å². The number of amides is 1. The topological polar surface area (TPSA) is 113 Å². The monoisotopic (exact) mass is 401 g/mol. The summed E-state index contributed by atoms with van der Waals surface area (Å²) in [5, 5.41) is 11.2. The fourth-order valence-corrected chi connectivity index (χ4v) is 3.46. The zero-order chi connectivity index (χ0) is 20.4. The number of nitrogens with two attached hydrogens (primary N) is 1. The van der Waals surface area contributed by atoms with Crippen molar-refractivity contribution in [1.29, 1.82) is 0 Å². The van der Waals surface area contributed by atoms with E-state index in [9.17, 15) is 9.59 Å². The summed E-state index contributed by atoms with van der Waals surface area (Å²) < 4.78 is 4.62. The third-order valence-electron chi connectivity index (χ3n) is 4.36. The summed E-state index contributed by atoms with van der Waals surface area (Å²) in [5.41, 5.74) is 1.37. The first-order valence-corrected chi connectivity index (χ1v) is 9.76. The van der Waals surface area contributed by atoms with E-state index in [1.165, 1.54) is 21.1 Å². The molecule has 3 aromatic rings. The molecule has 10 heteroatoms. The first-order valence-electron chi connectivity index (χ1n) is 8.78. The zero-order valence-corrected chi connectivity index (χ0v) is 17.0. The van der Waals surface area contributed by atoms with Gasteiger partial charge >= 0.3 is 0 Å². The normalized spacial score (nSPS) is 11.2. The Labute approximate surface area is 166 Å². The number of aromatic nitrogens is 5. The fourth-order valence-electron chi connectivity index (χ4n) is 2.80. The molecule has 0 unspecified atom stereocenters. The van der Waals surface area contributed by atoms with Gasteiger partial charge in [0.1, 0.15) is 5.69 Å². The quantitative estimate of drug-likeness (QED) is 0.480. The predicted molar refractivity (Wildman–Crippen MR) is 109 cm³/mol. The van der Waals surface area contributed by atoms with Crippen LogP contribution in [0.3, 0.4) is 0 Å². The fraction of sp³-hybridized carbons (Fsp3) is 0.333. The van der Waals surface area contributed by atoms with Crippen LogP contribution in [0.1, 0.15) is 31.3 Å². The summed E-state index contributed by atoms with van der Waals surface area (Å²) in [7, 11) is 1.78. The molecule has 0 saturated heterocycles. The Bertz CT molecular complexity index is 1050. The minimum Gasteiger partial charge on any atom is -0.336 e. The second-order valence-electron chi connectivity index (χ2n) is 6.64. The first-order chi connectivity index (χ1) is 13.3. The van der Waals surface area contributed by atoms with Crippen molar-refractivity contribution in [2.24, 2.45) is 7.05 Å². The van der Waals surface area contributed by atoms with Gasteiger partial charge in [-0.1, -0.05) is 43.8 Å². The van der Waals surface area contributed by atoms with Gasteiger partial charge in [-0.05, 0) is 19.1 Å². The number of carbonyl (C=O) groups excluding carboxylic acids is 1. The molecule has 0 aliphatic heterocycles. The third-order valence-corrected chi connectivity index (χ3v) is 5.30. The first kappa shape index (κ1) is 19.7. The van der Waals surface area contributed by atoms with Crippen LogP contribution in [-0.2, 0) is 11.8 Å². The Morgan fingerprint density at radius 1 is 1.25 bits per heavy atom. The van der Waals surface area contributed by atoms with Gasteiger partial charge in [-0.2, -0.15) is 0 Å². The molecule has 0 fully saturated rings. The van der Waals surface area contributed by atoms with Crippen LogP contribution in [0.2, 0.25) is 0 Å². The Morgan fingerprint density at radius 3 is 2.54 bits per heavy atom. The van der Waals surface area contributed by atoms with Gasteiger partial charge in [-0.25, -0.2) is 9.36 Å². The summed E-state index contributed by atoms with van der Waals surface area (Å²) in [6.07, 6.45) is 0. The highest BCUT2D eigenvalue weighted by Crippen LogP contribution is 2.19. The van der Waals surface area contributed by atoms with Gasteiger partial charge in [0.05, 0.1) is 17.1 Å². The third kappa shape index (κ3) is 3.68. The standard InChI is InChI=1S/C18H23N7O2S/c1-11(2)16-21-22-18(24(16)19)28-10-14(26)20-15-12(3)23(4)25(17(15)27)13-8-6-5-7-9-13/h5-9,11H,10,19H2,1-4H3,(H,20,26). The molecule has 28 heavy (non-hydrogen) atoms. The van der Waals surface area contributed by atoms with Gasteiger partial charge in [0.2, 0.25) is 11.1 Å². The molecule has 2 heterocycles. The van der Waals surface area contributed by atoms with Crippen LogP contribution in [0.4, 0.5) is 5.69 Å². The number of hydrogen-bond acceptors (Lipinski definition) is 6. The summed E-state index contributed by atoms with van der Waals surface area (Å²) in [6, 6.07) is 9.26. The van der Waals surface area contributed by atoms with Crippen molar-refractivity contribution in [1.82, 2.24) is 24.2 Å². The van der Waals surface area contributed by atoms with Crippen molar-refractivity contribution < 1.29 is 4.79 Å². The molecule has 0 spiro atoms. The van der Waals surface area contributed by atoms with Crippen molar-refractivity contribution in [2.45, 2.75) is 31.8 Å². The highest BCUT2D eigenvalue weighted by Gasteiger charge is 2.19. The lowest BCUT2D eigenvalue weighted by atomic mass is 10.2. The summed E-state index contributed by atoms with van der Waals surface area (Å²) >= 11 is 1.17. The van der Waals surface area contributed by atoms with Crippen LogP contribution < -0.4 is 16.7 Å². The van der Waals surface area contributed by atoms with E-state index < -0.39 is 0 Å². The second-order valence-corrected chi connectivity index (χ2v) is 7.58. The molecular formula is C18H23N7O2S. The predicted octanol–water partition coefficient (Wildman–Crippen LogP) is 1.64. The Hall–Kier alpha value is -3.01. The Kier molecular flexibility index (Phi) is 5.59. The number of benzene rings is 1. The minimum atomic E-state index is -0.315. The van der Waals surface area contributed by atoms with Crippen LogP contribution in [0.5, 0.6) is 0 Å². The largest absolute Gasteiger partial charge is 0.336 e. The van der Waals surface area contributed by atoms with E-state index in [1.807, 2.05) is 44.2 Å². The van der Waals surface area contributed by atoms with Gasteiger partial charge < -0.3 is 11.2 Å². The molecule has 0 bridgehead atoms. The maximum absolute atomic E-state index is 12.8. The Morgan fingerprint density at radius 2 is 1.93 bits per heavy atom. The van der Waals surface area contributed by atoms with Crippen LogP contribution in [0, 0.1) is 6.92 Å². The smallest absolute Gasteiger partial charge is 0.295 e. The molecule has 1 aromatic carbocycles. The van der Waals surface area contributed by atoms with E-state index in [0.717, 1.165) is 5.69 Å². The molecular weight excluding hydrogens is 378 g/mol. The van der Waals surface area contributed by atoms with E-state index in [0.29, 0.717) is 16.7 Å². The highest BCUT2D eigenvalue weighted by molar-refractivity contribution is 7.99. The average molecular weight is 401 g/mol. The molecule has 2 aromatic heterocycles. The maximum Gasteiger partial charge on any atom is 0.295 e. The number of nitrogens with zero attached hydrogens (tertiary/aromatic N) is 5. The number of para-hydroxylation sites is 1. The van der Waals surface area contributed by atoms with E-state index >= 15 is 0 Å². The van der Waals surface area contributed by atoms with Gasteiger partial charge in [0.15, 0.2) is 5.82 Å². The van der Waals surface area contributed by atoms with Crippen molar-refractivity contribution >= 4 is 23.4 Å². The van der Waals surface area contributed by atoms with Crippen molar-refractivity contribution in [3.8, 4) is 5.69 Å². The Balaban J connectivity index is 1.76. The molecule has 0 atom stereocenters. The molecule has 0 saturated carbocycles. The number of nitrogens with one attached hydrogen (secondary N) is 1. The molecule has 9 nitrogen and oxygen atoms in total. The highest BCUT2D eigenvalue weighted by atomic mass is 32.2. The number of anilines is 1. The van der Waals surface area contributed by atoms with Crippen LogP contribution >= 0.6 is 11.8 Å². The average Bonchev–Trinajstić information content (AvgIpc) is 3.14. The number of rotatable bonds is 6. The molecule has 3 N–H and O–H groups in total. The summed E-state index contributed by atoms with van der Waals surface area (Å²) in [6.45, 7) is 5.71. The minimum absolute atomic E-state index is 0.0620. The van der Waals surface area contributed by atoms with Crippen molar-refractivity contribution in [2.75, 3.05) is 16.9 Å². The maximum atomic E-state index is 12.8. The SMILES string of the molecule is Cc1c(NC(=O)CSc2nnc(C(C)C)n2N)c(=O)n(-c2ccccc2)n1C. The number of carbonyl (C=O) groups is 1. The van der Waals surface area contributed by atoms with Gasteiger partial charge in [-0.3, -0.25) is 14.3 Å². The van der Waals surface area contributed by atoms with E-state index in [4.69, 9.17) is 5.84 Å². The summed E-state index contributed by atoms with van der Waals surface area (Å²) in [5.74, 6) is 6.48. The van der Waals surface area contributed by atoms with Crippen LogP contribution in [0.25, 0.3) is 5.69 Å². The van der Waals surface area contributed by atoms with Gasteiger partial charge in [0, 0.05) is 13.0 Å².